The van der Waals surface area contributed by atoms with Crippen molar-refractivity contribution in [3.05, 3.63) is 0 Å². The predicted molar refractivity (Wildman–Crippen MR) is 56.9 cm³/mol. The van der Waals surface area contributed by atoms with Gasteiger partial charge in [-0.1, -0.05) is 26.7 Å². The number of rotatable bonds is 4. The van der Waals surface area contributed by atoms with E-state index in [4.69, 9.17) is 10.00 Å². The molecule has 0 saturated heterocycles. The summed E-state index contributed by atoms with van der Waals surface area (Å²) in [6.45, 7) is 6.37. The smallest absolute Gasteiger partial charge is 0.326 e. The minimum absolute atomic E-state index is 0.197. The van der Waals surface area contributed by atoms with Gasteiger partial charge in [-0.2, -0.15) is 5.26 Å². The molecule has 1 rings (SSSR count). The Kier molecular flexibility index (Phi) is 3.38. The van der Waals surface area contributed by atoms with Gasteiger partial charge >= 0.3 is 5.97 Å². The maximum absolute atomic E-state index is 11.7. The number of carbonyl (C=O) groups is 1. The average Bonchev–Trinajstić information content (AvgIpc) is 2.19. The maximum Gasteiger partial charge on any atom is 0.326 e. The maximum atomic E-state index is 11.7. The first kappa shape index (κ1) is 12.0. The van der Waals surface area contributed by atoms with Crippen LogP contribution in [0.15, 0.2) is 0 Å². The molecule has 3 heteroatoms. The first-order chi connectivity index (χ1) is 7.08. The third-order valence-corrected chi connectivity index (χ3v) is 3.73. The molecule has 0 heterocycles. The Morgan fingerprint density at radius 1 is 1.33 bits per heavy atom. The van der Waals surface area contributed by atoms with E-state index in [1.165, 1.54) is 0 Å². The average molecular weight is 209 g/mol. The highest BCUT2D eigenvalue weighted by molar-refractivity contribution is 5.81. The highest BCUT2D eigenvalue weighted by Crippen LogP contribution is 2.58. The van der Waals surface area contributed by atoms with Gasteiger partial charge in [0.15, 0.2) is 5.41 Å². The van der Waals surface area contributed by atoms with Crippen molar-refractivity contribution in [2.24, 2.45) is 10.8 Å². The van der Waals surface area contributed by atoms with E-state index in [0.29, 0.717) is 19.4 Å². The first-order valence-corrected chi connectivity index (χ1v) is 5.66. The lowest BCUT2D eigenvalue weighted by Crippen LogP contribution is -2.50. The standard InChI is InChI=1S/C12H19NO2/c1-4-11(5-2)7-12(8-11,9-13)10(14)15-6-3/h4-8H2,1-3H3. The van der Waals surface area contributed by atoms with Crippen LogP contribution in [0.3, 0.4) is 0 Å². The second-order valence-electron chi connectivity index (χ2n) is 4.48. The second-order valence-corrected chi connectivity index (χ2v) is 4.48. The van der Waals surface area contributed by atoms with Gasteiger partial charge in [0.1, 0.15) is 0 Å². The Bertz CT molecular complexity index is 278. The third kappa shape index (κ3) is 1.86. The zero-order valence-electron chi connectivity index (χ0n) is 9.80. The van der Waals surface area contributed by atoms with Crippen LogP contribution in [0.4, 0.5) is 0 Å². The molecule has 0 aliphatic heterocycles. The van der Waals surface area contributed by atoms with E-state index < -0.39 is 5.41 Å². The molecular weight excluding hydrogens is 190 g/mol. The van der Waals surface area contributed by atoms with Crippen LogP contribution in [0.5, 0.6) is 0 Å². The van der Waals surface area contributed by atoms with E-state index in [-0.39, 0.29) is 11.4 Å². The van der Waals surface area contributed by atoms with Crippen LogP contribution in [-0.2, 0) is 9.53 Å². The fourth-order valence-corrected chi connectivity index (χ4v) is 2.52. The molecule has 3 nitrogen and oxygen atoms in total. The van der Waals surface area contributed by atoms with Crippen LogP contribution in [0.1, 0.15) is 46.5 Å². The number of hydrogen-bond acceptors (Lipinski definition) is 3. The summed E-state index contributed by atoms with van der Waals surface area (Å²) in [5.41, 5.74) is -0.648. The predicted octanol–water partition coefficient (Wildman–Crippen LogP) is 2.66. The molecule has 0 N–H and O–H groups in total. The van der Waals surface area contributed by atoms with E-state index in [9.17, 15) is 4.79 Å². The summed E-state index contributed by atoms with van der Waals surface area (Å²) >= 11 is 0. The van der Waals surface area contributed by atoms with Gasteiger partial charge in [-0.3, -0.25) is 4.79 Å². The lowest BCUT2D eigenvalue weighted by atomic mass is 9.51. The lowest BCUT2D eigenvalue weighted by molar-refractivity contribution is -0.165. The molecule has 0 bridgehead atoms. The summed E-state index contributed by atoms with van der Waals surface area (Å²) < 4.78 is 4.96. The SMILES string of the molecule is CCOC(=O)C1(C#N)CC(CC)(CC)C1. The van der Waals surface area contributed by atoms with Gasteiger partial charge in [0.05, 0.1) is 12.7 Å². The Balaban J connectivity index is 2.71. The highest BCUT2D eigenvalue weighted by Gasteiger charge is 2.58. The van der Waals surface area contributed by atoms with Gasteiger partial charge in [-0.25, -0.2) is 0 Å². The Labute approximate surface area is 91.4 Å². The number of hydrogen-bond donors (Lipinski definition) is 0. The Morgan fingerprint density at radius 2 is 1.87 bits per heavy atom. The van der Waals surface area contributed by atoms with E-state index in [0.717, 1.165) is 12.8 Å². The van der Waals surface area contributed by atoms with Crippen LogP contribution < -0.4 is 0 Å². The van der Waals surface area contributed by atoms with Crippen LogP contribution in [0.2, 0.25) is 0 Å². The van der Waals surface area contributed by atoms with Crippen molar-refractivity contribution < 1.29 is 9.53 Å². The van der Waals surface area contributed by atoms with Crippen LogP contribution in [0.25, 0.3) is 0 Å². The van der Waals surface area contributed by atoms with Crippen LogP contribution >= 0.6 is 0 Å². The van der Waals surface area contributed by atoms with Crippen molar-refractivity contribution in [1.82, 2.24) is 0 Å². The molecule has 0 aromatic heterocycles. The van der Waals surface area contributed by atoms with Gasteiger partial charge in [-0.05, 0) is 25.2 Å². The van der Waals surface area contributed by atoms with Gasteiger partial charge in [0.25, 0.3) is 0 Å². The van der Waals surface area contributed by atoms with Crippen molar-refractivity contribution >= 4 is 5.97 Å². The number of carbonyl (C=O) groups excluding carboxylic acids is 1. The van der Waals surface area contributed by atoms with Crippen molar-refractivity contribution in [2.45, 2.75) is 46.5 Å². The molecular formula is C12H19NO2. The number of nitrogens with zero attached hydrogens (tertiary/aromatic N) is 1. The summed E-state index contributed by atoms with van der Waals surface area (Å²) in [6.07, 6.45) is 3.41. The van der Waals surface area contributed by atoms with E-state index in [1.807, 2.05) is 0 Å². The summed E-state index contributed by atoms with van der Waals surface area (Å²) in [5, 5.41) is 9.11. The molecule has 0 atom stereocenters. The highest BCUT2D eigenvalue weighted by atomic mass is 16.5. The molecule has 1 saturated carbocycles. The molecule has 84 valence electrons. The summed E-state index contributed by atoms with van der Waals surface area (Å²) in [7, 11) is 0. The fourth-order valence-electron chi connectivity index (χ4n) is 2.52. The van der Waals surface area contributed by atoms with Gasteiger partial charge in [-0.15, -0.1) is 0 Å². The second kappa shape index (κ2) is 4.22. The Morgan fingerprint density at radius 3 is 2.20 bits per heavy atom. The zero-order chi connectivity index (χ0) is 11.5. The lowest BCUT2D eigenvalue weighted by Gasteiger charge is -2.50. The fraction of sp³-hybridized carbons (Fsp3) is 0.833. The number of nitriles is 1. The molecule has 1 fully saturated rings. The molecule has 15 heavy (non-hydrogen) atoms. The van der Waals surface area contributed by atoms with Crippen molar-refractivity contribution in [2.75, 3.05) is 6.61 Å². The minimum atomic E-state index is -0.845. The van der Waals surface area contributed by atoms with E-state index >= 15 is 0 Å². The Hall–Kier alpha value is -1.04. The number of ether oxygens (including phenoxy) is 1. The van der Waals surface area contributed by atoms with E-state index in [2.05, 4.69) is 19.9 Å². The quantitative estimate of drug-likeness (QED) is 0.669. The van der Waals surface area contributed by atoms with Gasteiger partial charge < -0.3 is 4.74 Å². The summed E-state index contributed by atoms with van der Waals surface area (Å²) in [5.74, 6) is -0.329. The molecule has 1 aliphatic rings. The number of esters is 1. The van der Waals surface area contributed by atoms with Crippen molar-refractivity contribution in [3.8, 4) is 6.07 Å². The molecule has 0 unspecified atom stereocenters. The molecule has 0 aromatic carbocycles. The first-order valence-electron chi connectivity index (χ1n) is 5.66. The summed E-state index contributed by atoms with van der Waals surface area (Å²) in [4.78, 5) is 11.7. The van der Waals surface area contributed by atoms with Crippen molar-refractivity contribution in [1.29, 1.82) is 5.26 Å². The zero-order valence-corrected chi connectivity index (χ0v) is 9.80. The molecule has 0 aromatic rings. The van der Waals surface area contributed by atoms with E-state index in [1.54, 1.807) is 6.92 Å². The molecule has 0 spiro atoms. The normalized spacial score (nSPS) is 21.2. The van der Waals surface area contributed by atoms with Gasteiger partial charge in [0, 0.05) is 0 Å². The topological polar surface area (TPSA) is 50.1 Å². The molecule has 0 radical (unpaired) electrons. The minimum Gasteiger partial charge on any atom is -0.465 e. The molecule has 1 aliphatic carbocycles. The van der Waals surface area contributed by atoms with Crippen LogP contribution in [0, 0.1) is 22.2 Å². The van der Waals surface area contributed by atoms with Crippen LogP contribution in [-0.4, -0.2) is 12.6 Å². The molecule has 0 amide bonds. The monoisotopic (exact) mass is 209 g/mol. The largest absolute Gasteiger partial charge is 0.465 e. The van der Waals surface area contributed by atoms with Crippen molar-refractivity contribution in [3.63, 3.8) is 0 Å². The summed E-state index contributed by atoms with van der Waals surface area (Å²) in [6, 6.07) is 2.15. The van der Waals surface area contributed by atoms with Gasteiger partial charge in [0.2, 0.25) is 0 Å². The third-order valence-electron chi connectivity index (χ3n) is 3.73.